The maximum atomic E-state index is 11.1. The van der Waals surface area contributed by atoms with Crippen LogP contribution in [0.25, 0.3) is 0 Å². The predicted molar refractivity (Wildman–Crippen MR) is 55.1 cm³/mol. The van der Waals surface area contributed by atoms with E-state index in [-0.39, 0.29) is 5.75 Å². The fourth-order valence-electron chi connectivity index (χ4n) is 0.785. The molecule has 0 bridgehead atoms. The monoisotopic (exact) mass is 211 g/mol. The van der Waals surface area contributed by atoms with Gasteiger partial charge in [0.25, 0.3) is 0 Å². The van der Waals surface area contributed by atoms with Crippen LogP contribution in [0, 0.1) is 0 Å². The number of rotatable bonds is 7. The summed E-state index contributed by atoms with van der Waals surface area (Å²) in [6.07, 6.45) is 3.60. The first-order valence-electron chi connectivity index (χ1n) is 4.08. The maximum absolute atomic E-state index is 11.1. The molecule has 74 valence electrons. The summed E-state index contributed by atoms with van der Waals surface area (Å²) < 4.78 is 24.7. The Morgan fingerprint density at radius 3 is 2.58 bits per heavy atom. The number of sulfonamides is 1. The molecule has 0 atom stereocenters. The molecule has 5 heteroatoms. The van der Waals surface area contributed by atoms with Gasteiger partial charge in [0.1, 0.15) is 0 Å². The van der Waals surface area contributed by atoms with E-state index in [0.29, 0.717) is 13.0 Å². The highest BCUT2D eigenvalue weighted by Gasteiger charge is 2.05. The van der Waals surface area contributed by atoms with Gasteiger partial charge in [-0.15, -0.1) is 0 Å². The van der Waals surface area contributed by atoms with Crippen LogP contribution < -0.4 is 4.72 Å². The van der Waals surface area contributed by atoms with Crippen molar-refractivity contribution in [3.8, 4) is 0 Å². The van der Waals surface area contributed by atoms with E-state index in [0.717, 1.165) is 12.2 Å². The predicted octanol–water partition coefficient (Wildman–Crippen LogP) is 1.07. The molecular formula is C7H17NO2S2. The minimum Gasteiger partial charge on any atom is -0.215 e. The molecule has 0 saturated carbocycles. The van der Waals surface area contributed by atoms with Crippen molar-refractivity contribution in [2.75, 3.05) is 24.3 Å². The average molecular weight is 211 g/mol. The Bertz CT molecular complexity index is 190. The van der Waals surface area contributed by atoms with Gasteiger partial charge in [-0.2, -0.15) is 11.8 Å². The maximum Gasteiger partial charge on any atom is 0.211 e. The van der Waals surface area contributed by atoms with E-state index in [9.17, 15) is 8.42 Å². The second kappa shape index (κ2) is 6.74. The molecule has 0 saturated heterocycles. The van der Waals surface area contributed by atoms with Gasteiger partial charge in [0, 0.05) is 6.54 Å². The molecule has 0 aromatic heterocycles. The molecule has 0 spiro atoms. The number of hydrogen-bond donors (Lipinski definition) is 1. The second-order valence-corrected chi connectivity index (χ2v) is 5.47. The third-order valence-electron chi connectivity index (χ3n) is 1.32. The minimum absolute atomic E-state index is 0.242. The van der Waals surface area contributed by atoms with Gasteiger partial charge >= 0.3 is 0 Å². The van der Waals surface area contributed by atoms with Crippen molar-refractivity contribution < 1.29 is 8.42 Å². The Balaban J connectivity index is 3.48. The summed E-state index contributed by atoms with van der Waals surface area (Å²) in [7, 11) is -2.97. The lowest BCUT2D eigenvalue weighted by Crippen LogP contribution is -2.27. The van der Waals surface area contributed by atoms with Crippen LogP contribution in [0.3, 0.4) is 0 Å². The molecule has 0 rings (SSSR count). The zero-order valence-corrected chi connectivity index (χ0v) is 9.30. The zero-order valence-electron chi connectivity index (χ0n) is 7.67. The highest BCUT2D eigenvalue weighted by atomic mass is 32.2. The summed E-state index contributed by atoms with van der Waals surface area (Å²) in [5, 5.41) is 0. The lowest BCUT2D eigenvalue weighted by Gasteiger charge is -2.03. The molecule has 0 heterocycles. The molecular weight excluding hydrogens is 194 g/mol. The topological polar surface area (TPSA) is 46.2 Å². The average Bonchev–Trinajstić information content (AvgIpc) is 1.98. The van der Waals surface area contributed by atoms with E-state index in [1.807, 2.05) is 13.2 Å². The molecule has 0 amide bonds. The summed E-state index contributed by atoms with van der Waals surface area (Å²) in [4.78, 5) is 0. The Hall–Kier alpha value is 0.260. The van der Waals surface area contributed by atoms with Crippen LogP contribution in [0.5, 0.6) is 0 Å². The van der Waals surface area contributed by atoms with Gasteiger partial charge in [0.15, 0.2) is 0 Å². The number of hydrogen-bond acceptors (Lipinski definition) is 3. The van der Waals surface area contributed by atoms with Crippen molar-refractivity contribution in [2.24, 2.45) is 0 Å². The lowest BCUT2D eigenvalue weighted by molar-refractivity contribution is 0.579. The minimum atomic E-state index is -2.97. The van der Waals surface area contributed by atoms with Crippen LogP contribution in [0.1, 0.15) is 19.8 Å². The number of nitrogens with one attached hydrogen (secondary N) is 1. The van der Waals surface area contributed by atoms with Crippen molar-refractivity contribution in [1.29, 1.82) is 0 Å². The third kappa shape index (κ3) is 6.94. The molecule has 12 heavy (non-hydrogen) atoms. The molecule has 0 aliphatic heterocycles. The van der Waals surface area contributed by atoms with Gasteiger partial charge in [0.2, 0.25) is 10.0 Å². The molecule has 0 aromatic carbocycles. The highest BCUT2D eigenvalue weighted by molar-refractivity contribution is 7.98. The van der Waals surface area contributed by atoms with Gasteiger partial charge in [-0.05, 0) is 24.9 Å². The summed E-state index contributed by atoms with van der Waals surface area (Å²) in [5.74, 6) is 1.25. The van der Waals surface area contributed by atoms with Crippen molar-refractivity contribution in [3.05, 3.63) is 0 Å². The van der Waals surface area contributed by atoms with E-state index in [1.165, 1.54) is 0 Å². The second-order valence-electron chi connectivity index (χ2n) is 2.56. The first-order chi connectivity index (χ1) is 5.62. The van der Waals surface area contributed by atoms with Crippen LogP contribution in [-0.2, 0) is 10.0 Å². The van der Waals surface area contributed by atoms with Gasteiger partial charge in [-0.3, -0.25) is 0 Å². The normalized spacial score (nSPS) is 11.8. The Kier molecular flexibility index (Phi) is 6.89. The molecule has 0 aliphatic carbocycles. The standard InChI is InChI=1S/C7H17NO2S2/c1-3-7-12(9,10)8-5-4-6-11-2/h8H,3-7H2,1-2H3. The first kappa shape index (κ1) is 12.3. The van der Waals surface area contributed by atoms with Crippen LogP contribution in [0.15, 0.2) is 0 Å². The van der Waals surface area contributed by atoms with E-state index < -0.39 is 10.0 Å². The third-order valence-corrected chi connectivity index (χ3v) is 3.61. The molecule has 3 nitrogen and oxygen atoms in total. The molecule has 0 unspecified atom stereocenters. The summed E-state index contributed by atoms with van der Waals surface area (Å²) in [5.41, 5.74) is 0. The van der Waals surface area contributed by atoms with Crippen molar-refractivity contribution in [2.45, 2.75) is 19.8 Å². The van der Waals surface area contributed by atoms with Crippen LogP contribution >= 0.6 is 11.8 Å². The fourth-order valence-corrected chi connectivity index (χ4v) is 2.36. The van der Waals surface area contributed by atoms with Crippen LogP contribution in [-0.4, -0.2) is 32.7 Å². The Morgan fingerprint density at radius 2 is 2.08 bits per heavy atom. The largest absolute Gasteiger partial charge is 0.215 e. The van der Waals surface area contributed by atoms with Gasteiger partial charge in [-0.1, -0.05) is 6.92 Å². The molecule has 0 fully saturated rings. The smallest absolute Gasteiger partial charge is 0.211 e. The van der Waals surface area contributed by atoms with E-state index >= 15 is 0 Å². The number of thioether (sulfide) groups is 1. The first-order valence-corrected chi connectivity index (χ1v) is 7.13. The molecule has 0 aromatic rings. The Morgan fingerprint density at radius 1 is 1.42 bits per heavy atom. The van der Waals surface area contributed by atoms with Crippen molar-refractivity contribution in [1.82, 2.24) is 4.72 Å². The summed E-state index contributed by atoms with van der Waals surface area (Å²) >= 11 is 1.73. The van der Waals surface area contributed by atoms with E-state index in [1.54, 1.807) is 11.8 Å². The van der Waals surface area contributed by atoms with E-state index in [2.05, 4.69) is 4.72 Å². The SMILES string of the molecule is CCCS(=O)(=O)NCCCSC. The van der Waals surface area contributed by atoms with Crippen molar-refractivity contribution in [3.63, 3.8) is 0 Å². The Labute approximate surface area is 79.4 Å². The fraction of sp³-hybridized carbons (Fsp3) is 1.00. The van der Waals surface area contributed by atoms with Gasteiger partial charge < -0.3 is 0 Å². The summed E-state index contributed by atoms with van der Waals surface area (Å²) in [6, 6.07) is 0. The lowest BCUT2D eigenvalue weighted by atomic mass is 10.5. The zero-order chi connectivity index (χ0) is 9.45. The molecule has 0 radical (unpaired) electrons. The quantitative estimate of drug-likeness (QED) is 0.641. The molecule has 1 N–H and O–H groups in total. The van der Waals surface area contributed by atoms with Crippen molar-refractivity contribution >= 4 is 21.8 Å². The van der Waals surface area contributed by atoms with Crippen LogP contribution in [0.4, 0.5) is 0 Å². The highest BCUT2D eigenvalue weighted by Crippen LogP contribution is 1.95. The van der Waals surface area contributed by atoms with Crippen LogP contribution in [0.2, 0.25) is 0 Å². The van der Waals surface area contributed by atoms with Gasteiger partial charge in [0.05, 0.1) is 5.75 Å². The summed E-state index contributed by atoms with van der Waals surface area (Å²) in [6.45, 7) is 2.43. The van der Waals surface area contributed by atoms with E-state index in [4.69, 9.17) is 0 Å². The van der Waals surface area contributed by atoms with Gasteiger partial charge in [-0.25, -0.2) is 13.1 Å². The molecule has 0 aliphatic rings.